The summed E-state index contributed by atoms with van der Waals surface area (Å²) in [7, 11) is -2.95. The Balaban J connectivity index is 2.77. The van der Waals surface area contributed by atoms with Gasteiger partial charge in [0.1, 0.15) is 5.60 Å². The lowest BCUT2D eigenvalue weighted by Crippen LogP contribution is -2.30. The van der Waals surface area contributed by atoms with E-state index in [1.807, 2.05) is 0 Å². The van der Waals surface area contributed by atoms with Gasteiger partial charge in [0, 0.05) is 24.5 Å². The molecule has 0 saturated heterocycles. The van der Waals surface area contributed by atoms with Crippen LogP contribution in [-0.4, -0.2) is 22.4 Å². The second-order valence-corrected chi connectivity index (χ2v) is 7.97. The Morgan fingerprint density at radius 2 is 2.20 bits per heavy atom. The van der Waals surface area contributed by atoms with E-state index in [1.54, 1.807) is 25.2 Å². The van der Waals surface area contributed by atoms with Crippen molar-refractivity contribution in [3.63, 3.8) is 0 Å². The number of hydrogen-bond donors (Lipinski definition) is 0. The van der Waals surface area contributed by atoms with E-state index < -0.39 is 14.4 Å². The van der Waals surface area contributed by atoms with Crippen molar-refractivity contribution in [2.45, 2.75) is 52.1 Å². The molecule has 0 radical (unpaired) electrons. The first-order chi connectivity index (χ1) is 9.29. The van der Waals surface area contributed by atoms with E-state index in [2.05, 4.69) is 6.92 Å². The molecule has 2 unspecified atom stereocenters. The van der Waals surface area contributed by atoms with Crippen LogP contribution in [-0.2, 0) is 33.7 Å². The predicted molar refractivity (Wildman–Crippen MR) is 83.0 cm³/mol. The van der Waals surface area contributed by atoms with Crippen molar-refractivity contribution in [2.75, 3.05) is 6.61 Å². The predicted octanol–water partition coefficient (Wildman–Crippen LogP) is 3.02. The van der Waals surface area contributed by atoms with Gasteiger partial charge in [0.25, 0.3) is 0 Å². The van der Waals surface area contributed by atoms with Crippen LogP contribution in [0.5, 0.6) is 0 Å². The molecule has 0 amide bonds. The molecule has 0 heterocycles. The highest BCUT2D eigenvalue weighted by molar-refractivity contribution is 8.32. The summed E-state index contributed by atoms with van der Waals surface area (Å²) in [4.78, 5) is 11.5. The SMILES string of the molecule is CCCCCOS(=O)(=S)C1=CC(C)(OC(C)=O)CC=C1. The Hall–Kier alpha value is -0.720. The van der Waals surface area contributed by atoms with E-state index in [0.717, 1.165) is 19.3 Å². The Morgan fingerprint density at radius 3 is 2.80 bits per heavy atom. The summed E-state index contributed by atoms with van der Waals surface area (Å²) in [5, 5.41) is 0. The molecule has 1 aliphatic rings. The lowest BCUT2D eigenvalue weighted by molar-refractivity contribution is -0.150. The lowest BCUT2D eigenvalue weighted by Gasteiger charge is -2.28. The first kappa shape index (κ1) is 17.3. The topological polar surface area (TPSA) is 52.6 Å². The van der Waals surface area contributed by atoms with Crippen molar-refractivity contribution in [1.82, 2.24) is 0 Å². The molecule has 2 atom stereocenters. The Bertz CT molecular complexity index is 505. The second kappa shape index (κ2) is 7.33. The normalized spacial score (nSPS) is 24.9. The molecule has 0 saturated carbocycles. The van der Waals surface area contributed by atoms with Gasteiger partial charge >= 0.3 is 5.97 Å². The van der Waals surface area contributed by atoms with Gasteiger partial charge in [0.15, 0.2) is 8.77 Å². The van der Waals surface area contributed by atoms with Gasteiger partial charge in [0.05, 0.1) is 11.5 Å². The van der Waals surface area contributed by atoms with Gasteiger partial charge < -0.3 is 4.74 Å². The highest BCUT2D eigenvalue weighted by atomic mass is 32.8. The molecule has 114 valence electrons. The summed E-state index contributed by atoms with van der Waals surface area (Å²) in [6.07, 6.45) is 8.60. The van der Waals surface area contributed by atoms with Crippen molar-refractivity contribution >= 4 is 25.9 Å². The van der Waals surface area contributed by atoms with Crippen molar-refractivity contribution in [1.29, 1.82) is 0 Å². The second-order valence-electron chi connectivity index (χ2n) is 5.04. The van der Waals surface area contributed by atoms with Crippen LogP contribution in [0.1, 0.15) is 46.5 Å². The number of carbonyl (C=O) groups excluding carboxylic acids is 1. The Kier molecular flexibility index (Phi) is 6.36. The van der Waals surface area contributed by atoms with E-state index in [0.29, 0.717) is 17.9 Å². The molecule has 0 aromatic rings. The molecule has 0 spiro atoms. The number of esters is 1. The fourth-order valence-electron chi connectivity index (χ4n) is 1.96. The number of unbranched alkanes of at least 4 members (excludes halogenated alkanes) is 2. The quantitative estimate of drug-likeness (QED) is 0.533. The fourth-order valence-corrected chi connectivity index (χ4v) is 3.61. The van der Waals surface area contributed by atoms with Crippen molar-refractivity contribution in [2.24, 2.45) is 0 Å². The Morgan fingerprint density at radius 1 is 1.50 bits per heavy atom. The molecule has 0 aromatic heterocycles. The van der Waals surface area contributed by atoms with Gasteiger partial charge in [0.2, 0.25) is 0 Å². The van der Waals surface area contributed by atoms with E-state index in [1.165, 1.54) is 6.92 Å². The molecule has 0 aliphatic heterocycles. The first-order valence-corrected chi connectivity index (χ1v) is 9.18. The lowest BCUT2D eigenvalue weighted by atomic mass is 9.97. The van der Waals surface area contributed by atoms with Gasteiger partial charge in [-0.25, -0.2) is 4.21 Å². The van der Waals surface area contributed by atoms with Gasteiger partial charge in [-0.15, -0.1) is 0 Å². The maximum Gasteiger partial charge on any atom is 0.303 e. The molecule has 1 aliphatic carbocycles. The molecule has 4 nitrogen and oxygen atoms in total. The smallest absolute Gasteiger partial charge is 0.303 e. The van der Waals surface area contributed by atoms with Gasteiger partial charge in [-0.2, -0.15) is 0 Å². The summed E-state index contributed by atoms with van der Waals surface area (Å²) in [6, 6.07) is 0. The molecule has 0 N–H and O–H groups in total. The van der Waals surface area contributed by atoms with Gasteiger partial charge in [-0.3, -0.25) is 8.98 Å². The Labute approximate surface area is 126 Å². The molecule has 0 bridgehead atoms. The summed E-state index contributed by atoms with van der Waals surface area (Å²) in [5.41, 5.74) is -0.801. The highest BCUT2D eigenvalue weighted by Gasteiger charge is 2.29. The molecule has 0 aromatic carbocycles. The standard InChI is InChI=1S/C14H22O4S2/c1-4-5-6-10-17-20(16,19)13-8-7-9-14(3,11-13)18-12(2)15/h7-8,11H,4-6,9-10H2,1-3H3. The third kappa shape index (κ3) is 5.34. The monoisotopic (exact) mass is 318 g/mol. The van der Waals surface area contributed by atoms with E-state index in [-0.39, 0.29) is 5.97 Å². The molecular formula is C14H22O4S2. The number of carbonyl (C=O) groups is 1. The van der Waals surface area contributed by atoms with Crippen LogP contribution in [0.3, 0.4) is 0 Å². The minimum Gasteiger partial charge on any atom is -0.455 e. The summed E-state index contributed by atoms with van der Waals surface area (Å²) < 4.78 is 23.0. The average Bonchev–Trinajstić information content (AvgIpc) is 2.33. The van der Waals surface area contributed by atoms with Crippen LogP contribution in [0.25, 0.3) is 0 Å². The first-order valence-electron chi connectivity index (χ1n) is 6.77. The maximum atomic E-state index is 12.4. The van der Waals surface area contributed by atoms with Crippen LogP contribution in [0, 0.1) is 0 Å². The van der Waals surface area contributed by atoms with E-state index >= 15 is 0 Å². The largest absolute Gasteiger partial charge is 0.455 e. The molecule has 1 rings (SSSR count). The molecular weight excluding hydrogens is 296 g/mol. The number of allylic oxidation sites excluding steroid dienone is 1. The van der Waals surface area contributed by atoms with Crippen LogP contribution in [0.2, 0.25) is 0 Å². The third-order valence-electron chi connectivity index (χ3n) is 2.90. The van der Waals surface area contributed by atoms with Crippen LogP contribution in [0.4, 0.5) is 0 Å². The average molecular weight is 318 g/mol. The van der Waals surface area contributed by atoms with E-state index in [4.69, 9.17) is 20.1 Å². The summed E-state index contributed by atoms with van der Waals surface area (Å²) in [5.74, 6) is -0.377. The zero-order chi connectivity index (χ0) is 15.2. The molecule has 0 fully saturated rings. The number of rotatable bonds is 7. The third-order valence-corrected chi connectivity index (χ3v) is 5.08. The zero-order valence-electron chi connectivity index (χ0n) is 12.2. The maximum absolute atomic E-state index is 12.4. The minimum atomic E-state index is -2.95. The molecule has 6 heteroatoms. The summed E-state index contributed by atoms with van der Waals surface area (Å²) in [6.45, 7) is 5.58. The van der Waals surface area contributed by atoms with E-state index in [9.17, 15) is 9.00 Å². The van der Waals surface area contributed by atoms with Crippen molar-refractivity contribution in [3.8, 4) is 0 Å². The van der Waals surface area contributed by atoms with Crippen LogP contribution in [0.15, 0.2) is 23.1 Å². The van der Waals surface area contributed by atoms with Gasteiger partial charge in [-0.1, -0.05) is 25.8 Å². The number of ether oxygens (including phenoxy) is 1. The van der Waals surface area contributed by atoms with Crippen molar-refractivity contribution < 1.29 is 17.9 Å². The zero-order valence-corrected chi connectivity index (χ0v) is 13.9. The van der Waals surface area contributed by atoms with Gasteiger partial charge in [-0.05, 0) is 25.5 Å². The molecule has 20 heavy (non-hydrogen) atoms. The fraction of sp³-hybridized carbons (Fsp3) is 0.643. The van der Waals surface area contributed by atoms with Crippen LogP contribution < -0.4 is 0 Å². The highest BCUT2D eigenvalue weighted by Crippen LogP contribution is 2.28. The number of hydrogen-bond acceptors (Lipinski definition) is 5. The van der Waals surface area contributed by atoms with Crippen molar-refractivity contribution in [3.05, 3.63) is 23.1 Å². The van der Waals surface area contributed by atoms with Crippen LogP contribution >= 0.6 is 0 Å². The summed E-state index contributed by atoms with van der Waals surface area (Å²) >= 11 is 5.07. The minimum absolute atomic E-state index is 0.377.